The summed E-state index contributed by atoms with van der Waals surface area (Å²) >= 11 is 6.03. The summed E-state index contributed by atoms with van der Waals surface area (Å²) in [6.07, 6.45) is -5.47. The normalized spacial score (nSPS) is 11.3. The fourth-order valence-corrected chi connectivity index (χ4v) is 2.70. The first-order valence-corrected chi connectivity index (χ1v) is 8.54. The van der Waals surface area contributed by atoms with Crippen LogP contribution in [0.3, 0.4) is 0 Å². The lowest BCUT2D eigenvalue weighted by molar-refractivity contribution is -0.137. The Hall–Kier alpha value is -3.00. The number of halogens is 4. The molecule has 1 aromatic heterocycles. The fourth-order valence-electron chi connectivity index (χ4n) is 2.51. The number of ether oxygens (including phenoxy) is 2. The van der Waals surface area contributed by atoms with Gasteiger partial charge in [0.25, 0.3) is 0 Å². The van der Waals surface area contributed by atoms with Gasteiger partial charge >= 0.3 is 12.3 Å². The predicted molar refractivity (Wildman–Crippen MR) is 96.7 cm³/mol. The molecule has 0 saturated carbocycles. The zero-order valence-corrected chi connectivity index (χ0v) is 15.3. The van der Waals surface area contributed by atoms with Crippen molar-refractivity contribution in [2.75, 3.05) is 6.61 Å². The number of benzene rings is 2. The van der Waals surface area contributed by atoms with Crippen molar-refractivity contribution in [3.63, 3.8) is 0 Å². The molecule has 0 aliphatic carbocycles. The third kappa shape index (κ3) is 4.45. The Labute approximate surface area is 163 Å². The molecule has 0 aliphatic rings. The number of nitrogens with zero attached hydrogens (tertiary/aromatic N) is 2. The third-order valence-electron chi connectivity index (χ3n) is 3.68. The maximum atomic E-state index is 13.1. The van der Waals surface area contributed by atoms with Crippen molar-refractivity contribution < 1.29 is 27.4 Å². The van der Waals surface area contributed by atoms with E-state index in [1.54, 1.807) is 31.2 Å². The highest BCUT2D eigenvalue weighted by atomic mass is 35.5. The Bertz CT molecular complexity index is 1000. The molecule has 1 heterocycles. The van der Waals surface area contributed by atoms with Gasteiger partial charge in [0, 0.05) is 16.7 Å². The van der Waals surface area contributed by atoms with E-state index >= 15 is 0 Å². The van der Waals surface area contributed by atoms with Crippen LogP contribution < -0.4 is 4.74 Å². The van der Waals surface area contributed by atoms with Crippen molar-refractivity contribution in [3.8, 4) is 22.8 Å². The monoisotopic (exact) mass is 410 g/mol. The van der Waals surface area contributed by atoms with Gasteiger partial charge in [0.1, 0.15) is 0 Å². The zero-order chi connectivity index (χ0) is 20.3. The first-order valence-electron chi connectivity index (χ1n) is 8.16. The van der Waals surface area contributed by atoms with Crippen molar-refractivity contribution in [2.45, 2.75) is 13.1 Å². The lowest BCUT2D eigenvalue weighted by Crippen LogP contribution is -2.11. The minimum atomic E-state index is -4.51. The molecule has 0 radical (unpaired) electrons. The van der Waals surface area contributed by atoms with Gasteiger partial charge in [-0.15, -0.1) is 5.10 Å². The number of aromatic nitrogens is 2. The minimum absolute atomic E-state index is 0.105. The highest BCUT2D eigenvalue weighted by Gasteiger charge is 2.31. The molecule has 5 nitrogen and oxygen atoms in total. The molecule has 0 spiro atoms. The largest absolute Gasteiger partial charge is 0.515 e. The first-order chi connectivity index (χ1) is 13.3. The molecule has 0 amide bonds. The van der Waals surface area contributed by atoms with Crippen LogP contribution in [0.1, 0.15) is 12.5 Å². The van der Waals surface area contributed by atoms with E-state index in [1.807, 2.05) is 0 Å². The molecule has 0 atom stereocenters. The van der Waals surface area contributed by atoms with E-state index in [0.29, 0.717) is 16.3 Å². The molecule has 146 valence electrons. The topological polar surface area (TPSA) is 53.4 Å². The molecule has 3 aromatic rings. The minimum Gasteiger partial charge on any atom is -0.434 e. The van der Waals surface area contributed by atoms with Crippen molar-refractivity contribution in [1.82, 2.24) is 9.78 Å². The summed E-state index contributed by atoms with van der Waals surface area (Å²) in [5.41, 5.74) is 0.283. The molecule has 0 aliphatic heterocycles. The molecular formula is C19H14ClF3N2O3. The lowest BCUT2D eigenvalue weighted by Gasteiger charge is -2.11. The molecule has 2 aromatic carbocycles. The van der Waals surface area contributed by atoms with Crippen molar-refractivity contribution in [3.05, 3.63) is 65.2 Å². The van der Waals surface area contributed by atoms with Gasteiger partial charge in [-0.1, -0.05) is 29.8 Å². The van der Waals surface area contributed by atoms with Gasteiger partial charge in [-0.3, -0.25) is 0 Å². The number of hydrogen-bond donors (Lipinski definition) is 0. The Morgan fingerprint density at radius 3 is 2.57 bits per heavy atom. The highest BCUT2D eigenvalue weighted by Crippen LogP contribution is 2.33. The fraction of sp³-hybridized carbons (Fsp3) is 0.158. The summed E-state index contributed by atoms with van der Waals surface area (Å²) in [4.78, 5) is 11.6. The second kappa shape index (κ2) is 7.93. The van der Waals surface area contributed by atoms with Crippen molar-refractivity contribution >= 4 is 17.8 Å². The smallest absolute Gasteiger partial charge is 0.434 e. The standard InChI is InChI=1S/C19H14ClF3N2O3/c1-2-27-18(26)28-17-11-16(12-5-3-7-14(20)9-12)25(24-17)15-8-4-6-13(10-15)19(21,22)23/h3-11H,2H2,1H3. The second-order valence-corrected chi connectivity index (χ2v) is 6.06. The van der Waals surface area contributed by atoms with Crippen LogP contribution in [-0.4, -0.2) is 22.5 Å². The summed E-state index contributed by atoms with van der Waals surface area (Å²) in [5, 5.41) is 4.55. The quantitative estimate of drug-likeness (QED) is 0.514. The Balaban J connectivity index is 2.11. The highest BCUT2D eigenvalue weighted by molar-refractivity contribution is 6.30. The SMILES string of the molecule is CCOC(=O)Oc1cc(-c2cccc(Cl)c2)n(-c2cccc(C(F)(F)F)c2)n1. The van der Waals surface area contributed by atoms with Crippen LogP contribution in [0.15, 0.2) is 54.6 Å². The summed E-state index contributed by atoms with van der Waals surface area (Å²) in [6.45, 7) is 1.72. The summed E-state index contributed by atoms with van der Waals surface area (Å²) in [7, 11) is 0. The summed E-state index contributed by atoms with van der Waals surface area (Å²) in [6, 6.07) is 12.7. The van der Waals surface area contributed by atoms with E-state index in [1.165, 1.54) is 22.9 Å². The van der Waals surface area contributed by atoms with Gasteiger partial charge in [0.15, 0.2) is 0 Å². The number of carbonyl (C=O) groups is 1. The van der Waals surface area contributed by atoms with E-state index in [2.05, 4.69) is 5.10 Å². The van der Waals surface area contributed by atoms with Crippen LogP contribution in [0.2, 0.25) is 5.02 Å². The third-order valence-corrected chi connectivity index (χ3v) is 3.91. The molecule has 0 bridgehead atoms. The van der Waals surface area contributed by atoms with E-state index in [-0.39, 0.29) is 18.2 Å². The molecule has 3 rings (SSSR count). The van der Waals surface area contributed by atoms with Gasteiger partial charge in [0.05, 0.1) is 23.6 Å². The molecule has 0 unspecified atom stereocenters. The molecular weight excluding hydrogens is 397 g/mol. The van der Waals surface area contributed by atoms with Crippen LogP contribution in [0, 0.1) is 0 Å². The van der Waals surface area contributed by atoms with Gasteiger partial charge in [0.2, 0.25) is 5.88 Å². The number of alkyl halides is 3. The van der Waals surface area contributed by atoms with E-state index in [4.69, 9.17) is 21.1 Å². The zero-order valence-electron chi connectivity index (χ0n) is 14.5. The average Bonchev–Trinajstić information content (AvgIpc) is 3.05. The average molecular weight is 411 g/mol. The van der Waals surface area contributed by atoms with Crippen LogP contribution in [0.4, 0.5) is 18.0 Å². The molecule has 9 heteroatoms. The summed E-state index contributed by atoms with van der Waals surface area (Å²) < 4.78 is 50.2. The first kappa shape index (κ1) is 19.8. The lowest BCUT2D eigenvalue weighted by atomic mass is 10.1. The van der Waals surface area contributed by atoms with Gasteiger partial charge in [-0.2, -0.15) is 13.2 Å². The summed E-state index contributed by atoms with van der Waals surface area (Å²) in [5.74, 6) is -0.120. The number of carbonyl (C=O) groups excluding carboxylic acids is 1. The van der Waals surface area contributed by atoms with E-state index in [9.17, 15) is 18.0 Å². The van der Waals surface area contributed by atoms with Gasteiger partial charge in [-0.25, -0.2) is 9.48 Å². The van der Waals surface area contributed by atoms with E-state index < -0.39 is 17.9 Å². The Kier molecular flexibility index (Phi) is 5.60. The van der Waals surface area contributed by atoms with Crippen LogP contribution in [0.5, 0.6) is 5.88 Å². The molecule has 0 saturated heterocycles. The van der Waals surface area contributed by atoms with E-state index in [0.717, 1.165) is 12.1 Å². The van der Waals surface area contributed by atoms with Gasteiger partial charge < -0.3 is 9.47 Å². The van der Waals surface area contributed by atoms with Crippen LogP contribution in [0.25, 0.3) is 16.9 Å². The van der Waals surface area contributed by atoms with Crippen molar-refractivity contribution in [1.29, 1.82) is 0 Å². The Morgan fingerprint density at radius 2 is 1.89 bits per heavy atom. The predicted octanol–water partition coefficient (Wildman–Crippen LogP) is 5.75. The molecule has 28 heavy (non-hydrogen) atoms. The number of hydrogen-bond acceptors (Lipinski definition) is 4. The second-order valence-electron chi connectivity index (χ2n) is 5.62. The van der Waals surface area contributed by atoms with Crippen LogP contribution in [-0.2, 0) is 10.9 Å². The molecule has 0 N–H and O–H groups in total. The van der Waals surface area contributed by atoms with Crippen LogP contribution >= 0.6 is 11.6 Å². The maximum absolute atomic E-state index is 13.1. The number of rotatable bonds is 4. The molecule has 0 fully saturated rings. The maximum Gasteiger partial charge on any atom is 0.515 e. The van der Waals surface area contributed by atoms with Crippen molar-refractivity contribution in [2.24, 2.45) is 0 Å². The van der Waals surface area contributed by atoms with Gasteiger partial charge in [-0.05, 0) is 37.3 Å². The Morgan fingerprint density at radius 1 is 1.14 bits per heavy atom.